The van der Waals surface area contributed by atoms with Crippen LogP contribution in [0.4, 0.5) is 0 Å². The molecule has 1 heterocycles. The van der Waals surface area contributed by atoms with Crippen molar-refractivity contribution in [3.05, 3.63) is 0 Å². The Morgan fingerprint density at radius 3 is 2.55 bits per heavy atom. The molecule has 2 fully saturated rings. The van der Waals surface area contributed by atoms with E-state index < -0.39 is 0 Å². The molecule has 0 radical (unpaired) electrons. The molecule has 1 saturated heterocycles. The van der Waals surface area contributed by atoms with Gasteiger partial charge in [-0.05, 0) is 45.6 Å². The van der Waals surface area contributed by atoms with E-state index in [0.717, 1.165) is 64.6 Å². The largest absolute Gasteiger partial charge is 0.376 e. The molecule has 0 aromatic carbocycles. The summed E-state index contributed by atoms with van der Waals surface area (Å²) in [5.41, 5.74) is 0. The summed E-state index contributed by atoms with van der Waals surface area (Å²) in [7, 11) is 3.69. The van der Waals surface area contributed by atoms with Gasteiger partial charge in [0.05, 0.1) is 18.8 Å². The molecule has 1 atom stereocenters. The number of hydrogen-bond donors (Lipinski definition) is 2. The summed E-state index contributed by atoms with van der Waals surface area (Å²) < 4.78 is 6.05. The van der Waals surface area contributed by atoms with Gasteiger partial charge in [0.15, 0.2) is 5.96 Å². The van der Waals surface area contributed by atoms with Gasteiger partial charge in [-0.25, -0.2) is 0 Å². The van der Waals surface area contributed by atoms with Crippen LogP contribution in [0, 0.1) is 0 Å². The van der Waals surface area contributed by atoms with Crippen LogP contribution in [0.3, 0.4) is 0 Å². The number of amides is 1. The van der Waals surface area contributed by atoms with E-state index in [1.165, 1.54) is 38.5 Å². The molecule has 2 rings (SSSR count). The first kappa shape index (κ1) is 23.9. The van der Waals surface area contributed by atoms with Crippen molar-refractivity contribution < 1.29 is 9.53 Å². The maximum atomic E-state index is 12.3. The molecular formula is C22H43N5O2. The van der Waals surface area contributed by atoms with E-state index in [-0.39, 0.29) is 11.9 Å². The van der Waals surface area contributed by atoms with Crippen LogP contribution in [0.5, 0.6) is 0 Å². The number of carbonyl (C=O) groups excluding carboxylic acids is 1. The Balaban J connectivity index is 1.65. The SMILES string of the molecule is CCNC(=NCCCN1CCCC1C(=O)N(C)C)NCCOC1CCCCCC1. The Bertz CT molecular complexity index is 490. The van der Waals surface area contributed by atoms with Gasteiger partial charge in [0.2, 0.25) is 5.91 Å². The number of nitrogens with one attached hydrogen (secondary N) is 2. The molecule has 1 aliphatic heterocycles. The highest BCUT2D eigenvalue weighted by Crippen LogP contribution is 2.20. The Kier molecular flexibility index (Phi) is 11.4. The Hall–Kier alpha value is -1.34. The average Bonchev–Trinajstić information content (AvgIpc) is 3.02. The lowest BCUT2D eigenvalue weighted by Crippen LogP contribution is -2.43. The molecular weight excluding hydrogens is 366 g/mol. The second kappa shape index (κ2) is 13.8. The van der Waals surface area contributed by atoms with E-state index in [1.54, 1.807) is 4.90 Å². The molecule has 0 aromatic rings. The lowest BCUT2D eigenvalue weighted by molar-refractivity contribution is -0.133. The Morgan fingerprint density at radius 1 is 1.10 bits per heavy atom. The number of guanidine groups is 1. The van der Waals surface area contributed by atoms with Crippen molar-refractivity contribution in [3.8, 4) is 0 Å². The molecule has 29 heavy (non-hydrogen) atoms. The zero-order chi connectivity index (χ0) is 20.9. The summed E-state index contributed by atoms with van der Waals surface area (Å²) in [6.07, 6.45) is 11.2. The number of carbonyl (C=O) groups is 1. The van der Waals surface area contributed by atoms with Crippen LogP contribution in [-0.4, -0.2) is 87.2 Å². The zero-order valence-corrected chi connectivity index (χ0v) is 18.9. The van der Waals surface area contributed by atoms with Gasteiger partial charge < -0.3 is 20.3 Å². The van der Waals surface area contributed by atoms with Crippen molar-refractivity contribution in [1.29, 1.82) is 0 Å². The van der Waals surface area contributed by atoms with E-state index in [4.69, 9.17) is 9.73 Å². The fraction of sp³-hybridized carbons (Fsp3) is 0.909. The quantitative estimate of drug-likeness (QED) is 0.251. The standard InChI is InChI=1S/C22H43N5O2/c1-4-23-22(25-15-18-29-19-11-7-5-6-8-12-19)24-14-10-17-27-16-9-13-20(27)21(28)26(2)3/h19-20H,4-18H2,1-3H3,(H2,23,24,25). The topological polar surface area (TPSA) is 69.2 Å². The van der Waals surface area contributed by atoms with Gasteiger partial charge in [-0.15, -0.1) is 0 Å². The summed E-state index contributed by atoms with van der Waals surface area (Å²) in [5.74, 6) is 1.09. The predicted molar refractivity (Wildman–Crippen MR) is 119 cm³/mol. The number of aliphatic imine (C=N–C) groups is 1. The van der Waals surface area contributed by atoms with Gasteiger partial charge in [0.1, 0.15) is 0 Å². The van der Waals surface area contributed by atoms with Crippen LogP contribution < -0.4 is 10.6 Å². The smallest absolute Gasteiger partial charge is 0.239 e. The van der Waals surface area contributed by atoms with Gasteiger partial charge in [0, 0.05) is 40.3 Å². The van der Waals surface area contributed by atoms with Gasteiger partial charge in [-0.2, -0.15) is 0 Å². The van der Waals surface area contributed by atoms with Crippen molar-refractivity contribution >= 4 is 11.9 Å². The average molecular weight is 410 g/mol. The fourth-order valence-electron chi connectivity index (χ4n) is 4.28. The van der Waals surface area contributed by atoms with Gasteiger partial charge in [0.25, 0.3) is 0 Å². The first-order chi connectivity index (χ1) is 14.1. The molecule has 2 N–H and O–H groups in total. The summed E-state index contributed by atoms with van der Waals surface area (Å²) in [5, 5.41) is 6.70. The van der Waals surface area contributed by atoms with Gasteiger partial charge >= 0.3 is 0 Å². The predicted octanol–water partition coefficient (Wildman–Crippen LogP) is 2.22. The molecule has 7 heteroatoms. The van der Waals surface area contributed by atoms with E-state index in [1.807, 2.05) is 14.1 Å². The minimum atomic E-state index is 0.0569. The van der Waals surface area contributed by atoms with E-state index in [2.05, 4.69) is 22.5 Å². The third-order valence-corrected chi connectivity index (χ3v) is 5.86. The van der Waals surface area contributed by atoms with Crippen molar-refractivity contribution in [3.63, 3.8) is 0 Å². The molecule has 0 bridgehead atoms. The first-order valence-electron chi connectivity index (χ1n) is 11.7. The molecule has 2 aliphatic rings. The summed E-state index contributed by atoms with van der Waals surface area (Å²) in [6, 6.07) is 0.0569. The minimum Gasteiger partial charge on any atom is -0.376 e. The normalized spacial score (nSPS) is 21.8. The summed E-state index contributed by atoms with van der Waals surface area (Å²) >= 11 is 0. The molecule has 0 aromatic heterocycles. The molecule has 1 unspecified atom stereocenters. The number of nitrogens with zero attached hydrogens (tertiary/aromatic N) is 3. The van der Waals surface area contributed by atoms with Gasteiger partial charge in [-0.1, -0.05) is 25.7 Å². The number of rotatable bonds is 10. The Labute approximate surface area is 177 Å². The second-order valence-corrected chi connectivity index (χ2v) is 8.45. The van der Waals surface area contributed by atoms with Crippen LogP contribution in [-0.2, 0) is 9.53 Å². The molecule has 1 aliphatic carbocycles. The lowest BCUT2D eigenvalue weighted by atomic mass is 10.1. The van der Waals surface area contributed by atoms with E-state index in [0.29, 0.717) is 6.10 Å². The van der Waals surface area contributed by atoms with Crippen LogP contribution in [0.15, 0.2) is 4.99 Å². The minimum absolute atomic E-state index is 0.0569. The maximum absolute atomic E-state index is 12.3. The second-order valence-electron chi connectivity index (χ2n) is 8.45. The van der Waals surface area contributed by atoms with E-state index >= 15 is 0 Å². The molecule has 1 amide bonds. The third-order valence-electron chi connectivity index (χ3n) is 5.86. The molecule has 7 nitrogen and oxygen atoms in total. The number of likely N-dealkylation sites (tertiary alicyclic amines) is 1. The lowest BCUT2D eigenvalue weighted by Gasteiger charge is -2.25. The molecule has 0 spiro atoms. The number of ether oxygens (including phenoxy) is 1. The van der Waals surface area contributed by atoms with Crippen molar-refractivity contribution in [1.82, 2.24) is 20.4 Å². The molecule has 1 saturated carbocycles. The van der Waals surface area contributed by atoms with Crippen LogP contribution in [0.1, 0.15) is 64.7 Å². The van der Waals surface area contributed by atoms with Crippen molar-refractivity contribution in [2.45, 2.75) is 76.9 Å². The highest BCUT2D eigenvalue weighted by Gasteiger charge is 2.30. The third kappa shape index (κ3) is 8.91. The highest BCUT2D eigenvalue weighted by molar-refractivity contribution is 5.81. The van der Waals surface area contributed by atoms with Crippen molar-refractivity contribution in [2.24, 2.45) is 4.99 Å². The van der Waals surface area contributed by atoms with E-state index in [9.17, 15) is 4.79 Å². The summed E-state index contributed by atoms with van der Waals surface area (Å²) in [6.45, 7) is 7.16. The molecule has 168 valence electrons. The monoisotopic (exact) mass is 409 g/mol. The number of likely N-dealkylation sites (N-methyl/N-ethyl adjacent to an activating group) is 1. The van der Waals surface area contributed by atoms with Crippen molar-refractivity contribution in [2.75, 3.05) is 53.4 Å². The highest BCUT2D eigenvalue weighted by atomic mass is 16.5. The van der Waals surface area contributed by atoms with Crippen LogP contribution >= 0.6 is 0 Å². The maximum Gasteiger partial charge on any atom is 0.239 e. The zero-order valence-electron chi connectivity index (χ0n) is 18.9. The first-order valence-corrected chi connectivity index (χ1v) is 11.7. The fourth-order valence-corrected chi connectivity index (χ4v) is 4.28. The van der Waals surface area contributed by atoms with Crippen LogP contribution in [0.25, 0.3) is 0 Å². The Morgan fingerprint density at radius 2 is 1.86 bits per heavy atom. The summed E-state index contributed by atoms with van der Waals surface area (Å²) in [4.78, 5) is 21.0. The van der Waals surface area contributed by atoms with Crippen LogP contribution in [0.2, 0.25) is 0 Å². The number of hydrogen-bond acceptors (Lipinski definition) is 4. The van der Waals surface area contributed by atoms with Gasteiger partial charge in [-0.3, -0.25) is 14.7 Å².